The Morgan fingerprint density at radius 2 is 2.10 bits per heavy atom. The highest BCUT2D eigenvalue weighted by atomic mass is 19.1. The second-order valence-corrected chi connectivity index (χ2v) is 4.01. The maximum atomic E-state index is 13.2. The Morgan fingerprint density at radius 1 is 1.43 bits per heavy atom. The van der Waals surface area contributed by atoms with Crippen molar-refractivity contribution < 1.29 is 28.6 Å². The quantitative estimate of drug-likeness (QED) is 0.599. The average Bonchev–Trinajstić information content (AvgIpc) is 2.39. The summed E-state index contributed by atoms with van der Waals surface area (Å²) in [6.45, 7) is 0. The van der Waals surface area contributed by atoms with E-state index < -0.39 is 36.2 Å². The highest BCUT2D eigenvalue weighted by Gasteiger charge is 2.22. The predicted octanol–water partition coefficient (Wildman–Crippen LogP) is 0.284. The maximum Gasteiger partial charge on any atom is 0.326 e. The van der Waals surface area contributed by atoms with Crippen LogP contribution in [0.1, 0.15) is 6.42 Å². The van der Waals surface area contributed by atoms with Crippen LogP contribution >= 0.6 is 0 Å². The lowest BCUT2D eigenvalue weighted by Gasteiger charge is -2.14. The molecule has 21 heavy (non-hydrogen) atoms. The van der Waals surface area contributed by atoms with Gasteiger partial charge in [-0.3, -0.25) is 4.79 Å². The number of ether oxygens (including phenoxy) is 1. The standard InChI is InChI=1S/C12H14FN3O5/c1-21-9-4-6(2-3-7(9)13)15-12(20)16-8(11(18)19)5-10(14)17/h2-4,8H,5H2,1H3,(H2,14,17)(H,18,19)(H2,15,16,20)/t8-/m0/s1. The van der Waals surface area contributed by atoms with Gasteiger partial charge in [-0.05, 0) is 12.1 Å². The molecule has 0 fully saturated rings. The number of benzene rings is 1. The number of amides is 3. The lowest BCUT2D eigenvalue weighted by Crippen LogP contribution is -2.45. The number of urea groups is 1. The Bertz CT molecular complexity index is 564. The largest absolute Gasteiger partial charge is 0.494 e. The number of nitrogens with one attached hydrogen (secondary N) is 2. The number of anilines is 1. The van der Waals surface area contributed by atoms with Crippen molar-refractivity contribution in [3.05, 3.63) is 24.0 Å². The zero-order chi connectivity index (χ0) is 16.0. The molecule has 5 N–H and O–H groups in total. The van der Waals surface area contributed by atoms with Crippen molar-refractivity contribution in [3.63, 3.8) is 0 Å². The molecule has 0 radical (unpaired) electrons. The predicted molar refractivity (Wildman–Crippen MR) is 70.3 cm³/mol. The lowest BCUT2D eigenvalue weighted by molar-refractivity contribution is -0.140. The fraction of sp³-hybridized carbons (Fsp3) is 0.250. The molecule has 0 aliphatic heterocycles. The third-order valence-corrected chi connectivity index (χ3v) is 2.42. The van der Waals surface area contributed by atoms with Gasteiger partial charge in [0.25, 0.3) is 0 Å². The van der Waals surface area contributed by atoms with E-state index >= 15 is 0 Å². The van der Waals surface area contributed by atoms with E-state index in [1.807, 2.05) is 0 Å². The highest BCUT2D eigenvalue weighted by Crippen LogP contribution is 2.21. The Morgan fingerprint density at radius 3 is 2.62 bits per heavy atom. The van der Waals surface area contributed by atoms with Gasteiger partial charge in [-0.15, -0.1) is 0 Å². The number of methoxy groups -OCH3 is 1. The van der Waals surface area contributed by atoms with Crippen LogP contribution in [0.15, 0.2) is 18.2 Å². The zero-order valence-corrected chi connectivity index (χ0v) is 11.1. The van der Waals surface area contributed by atoms with Crippen LogP contribution in [0, 0.1) is 5.82 Å². The maximum absolute atomic E-state index is 13.2. The van der Waals surface area contributed by atoms with Crippen LogP contribution in [0.5, 0.6) is 5.75 Å². The minimum atomic E-state index is -1.45. The molecule has 1 aromatic carbocycles. The molecular weight excluding hydrogens is 285 g/mol. The molecule has 1 atom stereocenters. The topological polar surface area (TPSA) is 131 Å². The molecule has 9 heteroatoms. The number of primary amides is 1. The first-order chi connectivity index (χ1) is 9.83. The zero-order valence-electron chi connectivity index (χ0n) is 11.1. The molecular formula is C12H14FN3O5. The van der Waals surface area contributed by atoms with Gasteiger partial charge in [-0.1, -0.05) is 0 Å². The molecule has 0 unspecified atom stereocenters. The molecule has 8 nitrogen and oxygen atoms in total. The number of carboxylic acids is 1. The summed E-state index contributed by atoms with van der Waals surface area (Å²) < 4.78 is 17.9. The van der Waals surface area contributed by atoms with Crippen molar-refractivity contribution in [2.75, 3.05) is 12.4 Å². The van der Waals surface area contributed by atoms with Gasteiger partial charge < -0.3 is 26.2 Å². The number of halogens is 1. The summed E-state index contributed by atoms with van der Waals surface area (Å²) in [6, 6.07) is 1.23. The van der Waals surface area contributed by atoms with E-state index in [1.54, 1.807) is 0 Å². The molecule has 114 valence electrons. The first-order valence-electron chi connectivity index (χ1n) is 5.75. The van der Waals surface area contributed by atoms with Gasteiger partial charge in [0.1, 0.15) is 6.04 Å². The SMILES string of the molecule is COc1cc(NC(=O)N[C@@H](CC(N)=O)C(=O)O)ccc1F. The van der Waals surface area contributed by atoms with Gasteiger partial charge in [-0.25, -0.2) is 14.0 Å². The Kier molecular flexibility index (Phi) is 5.47. The summed E-state index contributed by atoms with van der Waals surface area (Å²) in [5.74, 6) is -2.97. The van der Waals surface area contributed by atoms with Crippen LogP contribution in [0.3, 0.4) is 0 Å². The van der Waals surface area contributed by atoms with E-state index in [4.69, 9.17) is 15.6 Å². The molecule has 0 spiro atoms. The first kappa shape index (κ1) is 16.2. The van der Waals surface area contributed by atoms with Crippen LogP contribution in [-0.2, 0) is 9.59 Å². The summed E-state index contributed by atoms with van der Waals surface area (Å²) in [6.07, 6.45) is -0.546. The number of hydrogen-bond donors (Lipinski definition) is 4. The normalized spacial score (nSPS) is 11.3. The number of carbonyl (C=O) groups excluding carboxylic acids is 2. The summed E-state index contributed by atoms with van der Waals surface area (Å²) in [5, 5.41) is 13.2. The minimum absolute atomic E-state index is 0.0836. The molecule has 0 heterocycles. The number of aliphatic carboxylic acids is 1. The van der Waals surface area contributed by atoms with Gasteiger partial charge in [0, 0.05) is 11.8 Å². The van der Waals surface area contributed by atoms with E-state index in [0.717, 1.165) is 6.07 Å². The first-order valence-corrected chi connectivity index (χ1v) is 5.75. The summed E-state index contributed by atoms with van der Waals surface area (Å²) in [4.78, 5) is 33.2. The molecule has 0 saturated carbocycles. The lowest BCUT2D eigenvalue weighted by atomic mass is 10.2. The second kappa shape index (κ2) is 7.08. The average molecular weight is 299 g/mol. The minimum Gasteiger partial charge on any atom is -0.494 e. The van der Waals surface area contributed by atoms with Crippen molar-refractivity contribution >= 4 is 23.6 Å². The molecule has 0 aliphatic rings. The van der Waals surface area contributed by atoms with Crippen molar-refractivity contribution in [2.45, 2.75) is 12.5 Å². The Labute approximate surface area is 119 Å². The van der Waals surface area contributed by atoms with Crippen LogP contribution in [0.25, 0.3) is 0 Å². The van der Waals surface area contributed by atoms with Gasteiger partial charge >= 0.3 is 12.0 Å². The Balaban J connectivity index is 2.72. The van der Waals surface area contributed by atoms with E-state index in [1.165, 1.54) is 19.2 Å². The van der Waals surface area contributed by atoms with E-state index in [2.05, 4.69) is 10.6 Å². The van der Waals surface area contributed by atoms with Crippen molar-refractivity contribution in [3.8, 4) is 5.75 Å². The molecule has 0 aromatic heterocycles. The third-order valence-electron chi connectivity index (χ3n) is 2.42. The smallest absolute Gasteiger partial charge is 0.326 e. The molecule has 1 rings (SSSR count). The number of carboxylic acid groups (broad SMARTS) is 1. The molecule has 0 saturated heterocycles. The van der Waals surface area contributed by atoms with Crippen molar-refractivity contribution in [2.24, 2.45) is 5.73 Å². The van der Waals surface area contributed by atoms with Crippen molar-refractivity contribution in [1.29, 1.82) is 0 Å². The third kappa shape index (κ3) is 4.97. The number of hydrogen-bond acceptors (Lipinski definition) is 4. The fourth-order valence-electron chi connectivity index (χ4n) is 1.46. The van der Waals surface area contributed by atoms with Gasteiger partial charge in [-0.2, -0.15) is 0 Å². The monoisotopic (exact) mass is 299 g/mol. The van der Waals surface area contributed by atoms with E-state index in [0.29, 0.717) is 0 Å². The summed E-state index contributed by atoms with van der Waals surface area (Å²) in [7, 11) is 1.26. The van der Waals surface area contributed by atoms with Crippen LogP contribution in [0.4, 0.5) is 14.9 Å². The summed E-state index contributed by atoms with van der Waals surface area (Å²) in [5.41, 5.74) is 5.07. The molecule has 0 bridgehead atoms. The van der Waals surface area contributed by atoms with Crippen LogP contribution in [0.2, 0.25) is 0 Å². The Hall–Kier alpha value is -2.84. The second-order valence-electron chi connectivity index (χ2n) is 4.01. The van der Waals surface area contributed by atoms with Gasteiger partial charge in [0.15, 0.2) is 11.6 Å². The number of rotatable bonds is 6. The van der Waals surface area contributed by atoms with Gasteiger partial charge in [0.05, 0.1) is 13.5 Å². The number of carbonyl (C=O) groups is 3. The van der Waals surface area contributed by atoms with Crippen LogP contribution < -0.4 is 21.1 Å². The number of nitrogens with two attached hydrogens (primary N) is 1. The van der Waals surface area contributed by atoms with Gasteiger partial charge in [0.2, 0.25) is 5.91 Å². The molecule has 0 aliphatic carbocycles. The van der Waals surface area contributed by atoms with E-state index in [-0.39, 0.29) is 11.4 Å². The van der Waals surface area contributed by atoms with Crippen LogP contribution in [-0.4, -0.2) is 36.2 Å². The highest BCUT2D eigenvalue weighted by molar-refractivity contribution is 5.93. The van der Waals surface area contributed by atoms with Crippen molar-refractivity contribution in [1.82, 2.24) is 5.32 Å². The molecule has 1 aromatic rings. The summed E-state index contributed by atoms with van der Waals surface area (Å²) >= 11 is 0. The fourth-order valence-corrected chi connectivity index (χ4v) is 1.46. The van der Waals surface area contributed by atoms with E-state index in [9.17, 15) is 18.8 Å². The molecule has 3 amide bonds.